The standard InChI is InChI=1S/C10H19NO5S/c1-3-8-17(14,15)9(2)10(13)11-4-6-16-7-5-12/h3,9,12H,1,4-8H2,2H3,(H,11,13). The molecule has 2 N–H and O–H groups in total. The highest BCUT2D eigenvalue weighted by Crippen LogP contribution is 2.02. The van der Waals surface area contributed by atoms with Crippen molar-refractivity contribution in [3.63, 3.8) is 0 Å². The highest BCUT2D eigenvalue weighted by atomic mass is 32.2. The Morgan fingerprint density at radius 1 is 1.53 bits per heavy atom. The second kappa shape index (κ2) is 8.21. The van der Waals surface area contributed by atoms with Crippen LogP contribution in [0.5, 0.6) is 0 Å². The van der Waals surface area contributed by atoms with E-state index in [4.69, 9.17) is 9.84 Å². The van der Waals surface area contributed by atoms with Crippen LogP contribution in [0.25, 0.3) is 0 Å². The van der Waals surface area contributed by atoms with Crippen LogP contribution in [0.1, 0.15) is 6.92 Å². The zero-order chi connectivity index (χ0) is 13.3. The Morgan fingerprint density at radius 3 is 2.71 bits per heavy atom. The molecule has 1 atom stereocenters. The van der Waals surface area contributed by atoms with Gasteiger partial charge in [-0.1, -0.05) is 6.08 Å². The number of carbonyl (C=O) groups excluding carboxylic acids is 1. The zero-order valence-corrected chi connectivity index (χ0v) is 10.7. The maximum absolute atomic E-state index is 11.5. The van der Waals surface area contributed by atoms with Crippen LogP contribution >= 0.6 is 0 Å². The van der Waals surface area contributed by atoms with Crippen molar-refractivity contribution < 1.29 is 23.1 Å². The Hall–Kier alpha value is -0.920. The molecule has 1 unspecified atom stereocenters. The monoisotopic (exact) mass is 265 g/mol. The maximum Gasteiger partial charge on any atom is 0.238 e. The summed E-state index contributed by atoms with van der Waals surface area (Å²) in [7, 11) is -3.47. The van der Waals surface area contributed by atoms with Gasteiger partial charge in [-0.2, -0.15) is 0 Å². The number of hydrogen-bond acceptors (Lipinski definition) is 5. The lowest BCUT2D eigenvalue weighted by molar-refractivity contribution is -0.120. The molecule has 0 aromatic rings. The van der Waals surface area contributed by atoms with Crippen molar-refractivity contribution in [3.8, 4) is 0 Å². The quantitative estimate of drug-likeness (QED) is 0.416. The van der Waals surface area contributed by atoms with Crippen LogP contribution in [-0.4, -0.2) is 56.8 Å². The van der Waals surface area contributed by atoms with E-state index in [0.29, 0.717) is 0 Å². The van der Waals surface area contributed by atoms with Crippen molar-refractivity contribution in [3.05, 3.63) is 12.7 Å². The Morgan fingerprint density at radius 2 is 2.18 bits per heavy atom. The van der Waals surface area contributed by atoms with Gasteiger partial charge in [0.2, 0.25) is 5.91 Å². The maximum atomic E-state index is 11.5. The number of carbonyl (C=O) groups is 1. The van der Waals surface area contributed by atoms with E-state index in [-0.39, 0.29) is 32.1 Å². The molecule has 0 radical (unpaired) electrons. The van der Waals surface area contributed by atoms with Gasteiger partial charge in [-0.3, -0.25) is 4.79 Å². The highest BCUT2D eigenvalue weighted by molar-refractivity contribution is 7.92. The normalized spacial score (nSPS) is 13.1. The van der Waals surface area contributed by atoms with E-state index in [1.165, 1.54) is 13.0 Å². The number of rotatable bonds is 9. The Labute approximate surface area is 102 Å². The van der Waals surface area contributed by atoms with E-state index >= 15 is 0 Å². The molecule has 0 rings (SSSR count). The van der Waals surface area contributed by atoms with Gasteiger partial charge in [-0.15, -0.1) is 6.58 Å². The van der Waals surface area contributed by atoms with E-state index < -0.39 is 21.0 Å². The molecule has 0 aliphatic carbocycles. The highest BCUT2D eigenvalue weighted by Gasteiger charge is 2.26. The minimum absolute atomic E-state index is 0.0853. The number of hydrogen-bond donors (Lipinski definition) is 2. The molecule has 100 valence electrons. The zero-order valence-electron chi connectivity index (χ0n) is 9.89. The van der Waals surface area contributed by atoms with Gasteiger partial charge >= 0.3 is 0 Å². The minimum Gasteiger partial charge on any atom is -0.394 e. The summed E-state index contributed by atoms with van der Waals surface area (Å²) < 4.78 is 27.9. The molecule has 0 spiro atoms. The van der Waals surface area contributed by atoms with Gasteiger partial charge < -0.3 is 15.2 Å². The lowest BCUT2D eigenvalue weighted by Crippen LogP contribution is -2.40. The predicted octanol–water partition coefficient (Wildman–Crippen LogP) is -0.899. The van der Waals surface area contributed by atoms with Gasteiger partial charge in [0, 0.05) is 6.54 Å². The summed E-state index contributed by atoms with van der Waals surface area (Å²) in [5.41, 5.74) is 0. The Balaban J connectivity index is 4.02. The number of ether oxygens (including phenoxy) is 1. The summed E-state index contributed by atoms with van der Waals surface area (Å²) >= 11 is 0. The van der Waals surface area contributed by atoms with E-state index in [1.54, 1.807) is 0 Å². The molecule has 0 aromatic heterocycles. The van der Waals surface area contributed by atoms with Crippen molar-refractivity contribution >= 4 is 15.7 Å². The molecule has 6 nitrogen and oxygen atoms in total. The second-order valence-electron chi connectivity index (χ2n) is 3.39. The van der Waals surface area contributed by atoms with Crippen LogP contribution in [-0.2, 0) is 19.4 Å². The first-order valence-electron chi connectivity index (χ1n) is 5.24. The summed E-state index contributed by atoms with van der Waals surface area (Å²) in [6.45, 7) is 5.23. The smallest absolute Gasteiger partial charge is 0.238 e. The van der Waals surface area contributed by atoms with E-state index in [2.05, 4.69) is 11.9 Å². The first kappa shape index (κ1) is 16.1. The molecule has 17 heavy (non-hydrogen) atoms. The molecule has 0 fully saturated rings. The van der Waals surface area contributed by atoms with Gasteiger partial charge in [-0.25, -0.2) is 8.42 Å². The predicted molar refractivity (Wildman–Crippen MR) is 64.4 cm³/mol. The SMILES string of the molecule is C=CCS(=O)(=O)C(C)C(=O)NCCOCCO. The fraction of sp³-hybridized carbons (Fsp3) is 0.700. The largest absolute Gasteiger partial charge is 0.394 e. The molecular formula is C10H19NO5S. The van der Waals surface area contributed by atoms with Crippen molar-refractivity contribution in [1.29, 1.82) is 0 Å². The molecule has 0 bridgehead atoms. The molecule has 0 aliphatic heterocycles. The molecule has 0 aliphatic rings. The number of aliphatic hydroxyl groups is 1. The van der Waals surface area contributed by atoms with E-state index in [1.807, 2.05) is 0 Å². The summed E-state index contributed by atoms with van der Waals surface area (Å²) in [5, 5.41) is 9.78. The summed E-state index contributed by atoms with van der Waals surface area (Å²) in [5.74, 6) is -0.776. The molecule has 0 aromatic carbocycles. The molecule has 0 heterocycles. The van der Waals surface area contributed by atoms with Gasteiger partial charge in [0.25, 0.3) is 0 Å². The van der Waals surface area contributed by atoms with E-state index in [9.17, 15) is 13.2 Å². The molecular weight excluding hydrogens is 246 g/mol. The first-order chi connectivity index (χ1) is 7.95. The summed E-state index contributed by atoms with van der Waals surface area (Å²) in [4.78, 5) is 11.5. The fourth-order valence-corrected chi connectivity index (χ4v) is 2.06. The van der Waals surface area contributed by atoms with Gasteiger partial charge in [0.1, 0.15) is 5.25 Å². The molecule has 1 amide bonds. The van der Waals surface area contributed by atoms with Gasteiger partial charge in [0.05, 0.1) is 25.6 Å². The molecule has 0 saturated carbocycles. The van der Waals surface area contributed by atoms with E-state index in [0.717, 1.165) is 0 Å². The topological polar surface area (TPSA) is 92.7 Å². The van der Waals surface area contributed by atoms with Crippen LogP contribution < -0.4 is 5.32 Å². The Bertz CT molecular complexity index is 339. The van der Waals surface area contributed by atoms with Crippen LogP contribution in [0.2, 0.25) is 0 Å². The number of nitrogens with one attached hydrogen (secondary N) is 1. The number of sulfone groups is 1. The summed E-state index contributed by atoms with van der Waals surface area (Å²) in [6, 6.07) is 0. The van der Waals surface area contributed by atoms with Crippen LogP contribution in [0.4, 0.5) is 0 Å². The third-order valence-corrected chi connectivity index (χ3v) is 4.03. The third kappa shape index (κ3) is 6.40. The van der Waals surface area contributed by atoms with Crippen LogP contribution in [0.15, 0.2) is 12.7 Å². The van der Waals surface area contributed by atoms with Crippen LogP contribution in [0.3, 0.4) is 0 Å². The van der Waals surface area contributed by atoms with Crippen molar-refractivity contribution in [2.24, 2.45) is 0 Å². The van der Waals surface area contributed by atoms with Crippen LogP contribution in [0, 0.1) is 0 Å². The number of aliphatic hydroxyl groups excluding tert-OH is 1. The lowest BCUT2D eigenvalue weighted by atomic mass is 10.4. The van der Waals surface area contributed by atoms with Crippen molar-refractivity contribution in [2.45, 2.75) is 12.2 Å². The number of amides is 1. The second-order valence-corrected chi connectivity index (χ2v) is 5.75. The van der Waals surface area contributed by atoms with Gasteiger partial charge in [0.15, 0.2) is 9.84 Å². The van der Waals surface area contributed by atoms with Crippen molar-refractivity contribution in [2.75, 3.05) is 32.1 Å². The molecule has 7 heteroatoms. The summed E-state index contributed by atoms with van der Waals surface area (Å²) in [6.07, 6.45) is 1.25. The average molecular weight is 265 g/mol. The third-order valence-electron chi connectivity index (χ3n) is 2.04. The average Bonchev–Trinajstić information content (AvgIpc) is 2.27. The minimum atomic E-state index is -3.47. The van der Waals surface area contributed by atoms with Crippen molar-refractivity contribution in [1.82, 2.24) is 5.32 Å². The lowest BCUT2D eigenvalue weighted by Gasteiger charge is -2.12. The van der Waals surface area contributed by atoms with Gasteiger partial charge in [-0.05, 0) is 6.92 Å². The Kier molecular flexibility index (Phi) is 7.77. The molecule has 0 saturated heterocycles. The fourth-order valence-electron chi connectivity index (χ4n) is 1.03. The first-order valence-corrected chi connectivity index (χ1v) is 6.96.